The zero-order valence-electron chi connectivity index (χ0n) is 14.4. The first-order chi connectivity index (χ1) is 11.7. The molecule has 0 bridgehead atoms. The number of hydrogen-bond acceptors (Lipinski definition) is 6. The molecule has 1 aromatic heterocycles. The molecule has 2 unspecified atom stereocenters. The highest BCUT2D eigenvalue weighted by molar-refractivity contribution is 5.76. The minimum absolute atomic E-state index is 0.258. The van der Waals surface area contributed by atoms with Gasteiger partial charge in [0.2, 0.25) is 11.9 Å². The fourth-order valence-electron chi connectivity index (χ4n) is 3.53. The zero-order chi connectivity index (χ0) is 16.8. The smallest absolute Gasteiger partial charge is 0.222 e. The molecule has 24 heavy (non-hydrogen) atoms. The second-order valence-electron chi connectivity index (χ2n) is 6.59. The van der Waals surface area contributed by atoms with Crippen molar-refractivity contribution in [2.45, 2.75) is 25.8 Å². The molecule has 0 aromatic carbocycles. The number of aromatic nitrogens is 2. The number of carbonyl (C=O) groups excluding carboxylic acids is 1. The molecule has 0 aliphatic carbocycles. The van der Waals surface area contributed by atoms with Gasteiger partial charge in [-0.25, -0.2) is 9.97 Å². The molecule has 2 aliphatic rings. The fourth-order valence-corrected chi connectivity index (χ4v) is 3.53. The molecule has 3 rings (SSSR count). The SMILES string of the molecule is CC1CN(C(=O)CCCNc2ncccn2)CC1N1CCOCC1. The fraction of sp³-hybridized carbons (Fsp3) is 0.706. The standard InChI is InChI=1S/C17H27N5O2/c1-14-12-22(13-15(14)21-8-10-24-11-9-21)16(23)4-2-5-18-17-19-6-3-7-20-17/h3,6-7,14-15H,2,4-5,8-13H2,1H3,(H,18,19,20). The van der Waals surface area contributed by atoms with Crippen LogP contribution in [0.5, 0.6) is 0 Å². The van der Waals surface area contributed by atoms with E-state index in [1.54, 1.807) is 18.5 Å². The molecule has 7 nitrogen and oxygen atoms in total. The molecule has 0 radical (unpaired) electrons. The van der Waals surface area contributed by atoms with Gasteiger partial charge in [0.25, 0.3) is 0 Å². The molecule has 2 aliphatic heterocycles. The number of anilines is 1. The van der Waals surface area contributed by atoms with Crippen LogP contribution in [0.15, 0.2) is 18.5 Å². The van der Waals surface area contributed by atoms with Crippen LogP contribution in [0.25, 0.3) is 0 Å². The number of nitrogens with zero attached hydrogens (tertiary/aromatic N) is 4. The first-order valence-corrected chi connectivity index (χ1v) is 8.84. The number of morpholine rings is 1. The lowest BCUT2D eigenvalue weighted by Crippen LogP contribution is -2.47. The number of likely N-dealkylation sites (tertiary alicyclic amines) is 1. The summed E-state index contributed by atoms with van der Waals surface area (Å²) in [5, 5.41) is 3.14. The van der Waals surface area contributed by atoms with E-state index >= 15 is 0 Å². The lowest BCUT2D eigenvalue weighted by molar-refractivity contribution is -0.130. The van der Waals surface area contributed by atoms with Gasteiger partial charge in [-0.15, -0.1) is 0 Å². The number of rotatable bonds is 6. The van der Waals surface area contributed by atoms with E-state index in [0.717, 1.165) is 45.8 Å². The Kier molecular flexibility index (Phi) is 5.98. The molecular formula is C17H27N5O2. The molecular weight excluding hydrogens is 306 g/mol. The Bertz CT molecular complexity index is 521. The summed E-state index contributed by atoms with van der Waals surface area (Å²) in [5.74, 6) is 1.41. The summed E-state index contributed by atoms with van der Waals surface area (Å²) in [6, 6.07) is 2.27. The maximum Gasteiger partial charge on any atom is 0.222 e. The first-order valence-electron chi connectivity index (χ1n) is 8.84. The van der Waals surface area contributed by atoms with Crippen molar-refractivity contribution in [3.8, 4) is 0 Å². The Hall–Kier alpha value is -1.73. The Labute approximate surface area is 143 Å². The molecule has 1 N–H and O–H groups in total. The van der Waals surface area contributed by atoms with E-state index in [1.807, 2.05) is 4.90 Å². The van der Waals surface area contributed by atoms with E-state index in [-0.39, 0.29) is 5.91 Å². The van der Waals surface area contributed by atoms with E-state index in [0.29, 0.717) is 30.9 Å². The predicted molar refractivity (Wildman–Crippen MR) is 91.7 cm³/mol. The van der Waals surface area contributed by atoms with Crippen LogP contribution in [0.3, 0.4) is 0 Å². The van der Waals surface area contributed by atoms with E-state index < -0.39 is 0 Å². The second-order valence-corrected chi connectivity index (χ2v) is 6.59. The van der Waals surface area contributed by atoms with Crippen molar-refractivity contribution in [1.29, 1.82) is 0 Å². The highest BCUT2D eigenvalue weighted by atomic mass is 16.5. The summed E-state index contributed by atoms with van der Waals surface area (Å²) in [6.07, 6.45) is 4.78. The molecule has 2 saturated heterocycles. The number of nitrogens with one attached hydrogen (secondary N) is 1. The lowest BCUT2D eigenvalue weighted by atomic mass is 10.0. The third-order valence-corrected chi connectivity index (χ3v) is 4.86. The van der Waals surface area contributed by atoms with Crippen LogP contribution in [0, 0.1) is 5.92 Å². The molecule has 132 valence electrons. The van der Waals surface area contributed by atoms with Crippen molar-refractivity contribution in [1.82, 2.24) is 19.8 Å². The van der Waals surface area contributed by atoms with Crippen LogP contribution < -0.4 is 5.32 Å². The molecule has 1 amide bonds. The summed E-state index contributed by atoms with van der Waals surface area (Å²) in [5.41, 5.74) is 0. The van der Waals surface area contributed by atoms with Crippen LogP contribution in [0.4, 0.5) is 5.95 Å². The van der Waals surface area contributed by atoms with Gasteiger partial charge in [-0.3, -0.25) is 9.69 Å². The van der Waals surface area contributed by atoms with Gasteiger partial charge in [-0.05, 0) is 18.4 Å². The Morgan fingerprint density at radius 2 is 2.04 bits per heavy atom. The summed E-state index contributed by atoms with van der Waals surface area (Å²) < 4.78 is 5.43. The van der Waals surface area contributed by atoms with E-state index in [2.05, 4.69) is 27.1 Å². The average molecular weight is 333 g/mol. The maximum absolute atomic E-state index is 12.5. The molecule has 0 saturated carbocycles. The highest BCUT2D eigenvalue weighted by Gasteiger charge is 2.36. The third-order valence-electron chi connectivity index (χ3n) is 4.86. The molecule has 3 heterocycles. The molecule has 2 fully saturated rings. The largest absolute Gasteiger partial charge is 0.379 e. The minimum Gasteiger partial charge on any atom is -0.379 e. The van der Waals surface area contributed by atoms with Crippen molar-refractivity contribution in [2.75, 3.05) is 51.3 Å². The first kappa shape index (κ1) is 17.1. The van der Waals surface area contributed by atoms with Gasteiger partial charge in [-0.1, -0.05) is 6.92 Å². The van der Waals surface area contributed by atoms with Gasteiger partial charge in [0.1, 0.15) is 0 Å². The van der Waals surface area contributed by atoms with Crippen LogP contribution in [0.2, 0.25) is 0 Å². The topological polar surface area (TPSA) is 70.6 Å². The molecule has 1 aromatic rings. The van der Waals surface area contributed by atoms with E-state index in [1.165, 1.54) is 0 Å². The number of carbonyl (C=O) groups is 1. The van der Waals surface area contributed by atoms with Gasteiger partial charge in [-0.2, -0.15) is 0 Å². The molecule has 0 spiro atoms. The third kappa shape index (κ3) is 4.42. The maximum atomic E-state index is 12.5. The van der Waals surface area contributed by atoms with Crippen LogP contribution in [-0.4, -0.2) is 77.7 Å². The lowest BCUT2D eigenvalue weighted by Gasteiger charge is -2.34. The van der Waals surface area contributed by atoms with Crippen molar-refractivity contribution in [3.05, 3.63) is 18.5 Å². The Balaban J connectivity index is 1.39. The van der Waals surface area contributed by atoms with Gasteiger partial charge in [0.15, 0.2) is 0 Å². The van der Waals surface area contributed by atoms with E-state index in [4.69, 9.17) is 4.74 Å². The van der Waals surface area contributed by atoms with Crippen molar-refractivity contribution in [3.63, 3.8) is 0 Å². The summed E-state index contributed by atoms with van der Waals surface area (Å²) in [6.45, 7) is 8.28. The quantitative estimate of drug-likeness (QED) is 0.778. The Morgan fingerprint density at radius 1 is 1.29 bits per heavy atom. The number of amides is 1. The van der Waals surface area contributed by atoms with Crippen LogP contribution in [0.1, 0.15) is 19.8 Å². The average Bonchev–Trinajstić information content (AvgIpc) is 3.02. The van der Waals surface area contributed by atoms with Crippen LogP contribution in [-0.2, 0) is 9.53 Å². The van der Waals surface area contributed by atoms with Crippen molar-refractivity contribution >= 4 is 11.9 Å². The molecule has 2 atom stereocenters. The minimum atomic E-state index is 0.258. The second kappa shape index (κ2) is 8.39. The Morgan fingerprint density at radius 3 is 2.79 bits per heavy atom. The number of hydrogen-bond donors (Lipinski definition) is 1. The van der Waals surface area contributed by atoms with Gasteiger partial charge in [0, 0.05) is 57.6 Å². The summed E-state index contributed by atoms with van der Waals surface area (Å²) >= 11 is 0. The molecule has 7 heteroatoms. The monoisotopic (exact) mass is 333 g/mol. The number of ether oxygens (including phenoxy) is 1. The summed E-state index contributed by atoms with van der Waals surface area (Å²) in [4.78, 5) is 25.2. The van der Waals surface area contributed by atoms with Gasteiger partial charge < -0.3 is 15.0 Å². The van der Waals surface area contributed by atoms with Crippen molar-refractivity contribution in [2.24, 2.45) is 5.92 Å². The highest BCUT2D eigenvalue weighted by Crippen LogP contribution is 2.23. The van der Waals surface area contributed by atoms with E-state index in [9.17, 15) is 4.79 Å². The van der Waals surface area contributed by atoms with Gasteiger partial charge >= 0.3 is 0 Å². The van der Waals surface area contributed by atoms with Crippen molar-refractivity contribution < 1.29 is 9.53 Å². The zero-order valence-corrected chi connectivity index (χ0v) is 14.4. The van der Waals surface area contributed by atoms with Gasteiger partial charge in [0.05, 0.1) is 13.2 Å². The predicted octanol–water partition coefficient (Wildman–Crippen LogP) is 0.848. The van der Waals surface area contributed by atoms with Crippen LogP contribution >= 0.6 is 0 Å². The normalized spacial score (nSPS) is 25.0. The summed E-state index contributed by atoms with van der Waals surface area (Å²) in [7, 11) is 0.